The van der Waals surface area contributed by atoms with Crippen molar-refractivity contribution in [2.24, 2.45) is 7.05 Å². The lowest BCUT2D eigenvalue weighted by Gasteiger charge is -2.14. The van der Waals surface area contributed by atoms with Gasteiger partial charge in [-0.25, -0.2) is 9.67 Å². The zero-order chi connectivity index (χ0) is 17.6. The van der Waals surface area contributed by atoms with E-state index in [4.69, 9.17) is 0 Å². The Morgan fingerprint density at radius 2 is 1.84 bits per heavy atom. The fraction of sp³-hybridized carbons (Fsp3) is 0.286. The van der Waals surface area contributed by atoms with Crippen LogP contribution in [0.1, 0.15) is 13.0 Å². The van der Waals surface area contributed by atoms with Gasteiger partial charge < -0.3 is 0 Å². The normalized spacial score (nSPS) is 12.7. The Balaban J connectivity index is 1.87. The number of hydrogen-bond donors (Lipinski definition) is 0. The van der Waals surface area contributed by atoms with Gasteiger partial charge in [0.25, 0.3) is 11.1 Å². The zero-order valence-electron chi connectivity index (χ0n) is 13.4. The first-order valence-electron chi connectivity index (χ1n) is 7.50. The first-order chi connectivity index (χ1) is 12.0. The van der Waals surface area contributed by atoms with E-state index < -0.39 is 0 Å². The van der Waals surface area contributed by atoms with E-state index in [1.807, 2.05) is 6.92 Å². The van der Waals surface area contributed by atoms with Crippen LogP contribution in [0.5, 0.6) is 0 Å². The van der Waals surface area contributed by atoms with Gasteiger partial charge in [0.05, 0.1) is 35.2 Å². The standard InChI is InChI=1S/C14H13N9O2/c1-8(5-23-17-6-16-19-23)22-7-15-11-3-10-12(4-9(11)14(22)25)18-20-21(2)13(10)24/h3-4,6-8H,5H2,1-2H3/t8-/m1/s1. The summed E-state index contributed by atoms with van der Waals surface area (Å²) in [6, 6.07) is 2.88. The first-order valence-corrected chi connectivity index (χ1v) is 7.50. The minimum atomic E-state index is -0.288. The molecule has 0 radical (unpaired) electrons. The maximum atomic E-state index is 12.8. The first kappa shape index (κ1) is 15.1. The second-order valence-corrected chi connectivity index (χ2v) is 5.70. The van der Waals surface area contributed by atoms with Gasteiger partial charge in [-0.1, -0.05) is 5.21 Å². The Morgan fingerprint density at radius 3 is 2.60 bits per heavy atom. The minimum absolute atomic E-state index is 0.232. The predicted octanol–water partition coefficient (Wildman–Crippen LogP) is -0.714. The maximum absolute atomic E-state index is 12.8. The highest BCUT2D eigenvalue weighted by Gasteiger charge is 2.14. The topological polar surface area (TPSA) is 126 Å². The third-order valence-electron chi connectivity index (χ3n) is 4.00. The maximum Gasteiger partial charge on any atom is 0.277 e. The van der Waals surface area contributed by atoms with Crippen LogP contribution in [-0.4, -0.2) is 44.8 Å². The highest BCUT2D eigenvalue weighted by atomic mass is 16.1. The molecule has 0 unspecified atom stereocenters. The summed E-state index contributed by atoms with van der Waals surface area (Å²) in [6.45, 7) is 2.23. The molecule has 0 aliphatic rings. The molecule has 0 bridgehead atoms. The molecule has 3 aromatic heterocycles. The number of benzene rings is 1. The van der Waals surface area contributed by atoms with Crippen molar-refractivity contribution in [2.45, 2.75) is 19.5 Å². The van der Waals surface area contributed by atoms with Crippen LogP contribution in [0.4, 0.5) is 0 Å². The summed E-state index contributed by atoms with van der Waals surface area (Å²) in [4.78, 5) is 30.7. The van der Waals surface area contributed by atoms with Gasteiger partial charge in [-0.2, -0.15) is 4.80 Å². The zero-order valence-corrected chi connectivity index (χ0v) is 13.4. The van der Waals surface area contributed by atoms with Crippen molar-refractivity contribution in [2.75, 3.05) is 0 Å². The summed E-state index contributed by atoms with van der Waals surface area (Å²) >= 11 is 0. The molecule has 0 N–H and O–H groups in total. The number of rotatable bonds is 3. The summed E-state index contributed by atoms with van der Waals surface area (Å²) in [5.41, 5.74) is 0.272. The molecule has 0 saturated carbocycles. The Kier molecular flexibility index (Phi) is 3.34. The van der Waals surface area contributed by atoms with Crippen molar-refractivity contribution in [3.63, 3.8) is 0 Å². The SMILES string of the molecule is C[C@H](Cn1ncnn1)n1cnc2cc3c(=O)n(C)nnc3cc2c1=O. The largest absolute Gasteiger partial charge is 0.294 e. The summed E-state index contributed by atoms with van der Waals surface area (Å²) in [7, 11) is 1.52. The van der Waals surface area contributed by atoms with E-state index >= 15 is 0 Å². The molecule has 4 rings (SSSR count). The molecule has 0 spiro atoms. The lowest BCUT2D eigenvalue weighted by atomic mass is 10.1. The molecule has 0 aliphatic heterocycles. The van der Waals surface area contributed by atoms with E-state index in [1.165, 1.54) is 29.1 Å². The van der Waals surface area contributed by atoms with E-state index in [2.05, 4.69) is 30.7 Å². The number of nitrogens with zero attached hydrogens (tertiary/aromatic N) is 9. The summed E-state index contributed by atoms with van der Waals surface area (Å²) in [5, 5.41) is 19.8. The molecule has 0 amide bonds. The molecule has 11 heteroatoms. The van der Waals surface area contributed by atoms with Gasteiger partial charge in [0.2, 0.25) is 0 Å². The van der Waals surface area contributed by atoms with Crippen LogP contribution in [0, 0.1) is 0 Å². The lowest BCUT2D eigenvalue weighted by molar-refractivity contribution is 0.389. The van der Waals surface area contributed by atoms with E-state index in [-0.39, 0.29) is 17.2 Å². The average molecular weight is 339 g/mol. The fourth-order valence-electron chi connectivity index (χ4n) is 2.67. The van der Waals surface area contributed by atoms with Gasteiger partial charge >= 0.3 is 0 Å². The van der Waals surface area contributed by atoms with Gasteiger partial charge in [0.1, 0.15) is 5.52 Å². The monoisotopic (exact) mass is 339 g/mol. The van der Waals surface area contributed by atoms with Crippen molar-refractivity contribution in [1.29, 1.82) is 0 Å². The van der Waals surface area contributed by atoms with Crippen molar-refractivity contribution in [3.05, 3.63) is 45.5 Å². The Hall–Kier alpha value is -3.50. The smallest absolute Gasteiger partial charge is 0.277 e. The van der Waals surface area contributed by atoms with Gasteiger partial charge in [-0.3, -0.25) is 14.2 Å². The molecule has 25 heavy (non-hydrogen) atoms. The fourth-order valence-corrected chi connectivity index (χ4v) is 2.67. The molecule has 0 saturated heterocycles. The molecular weight excluding hydrogens is 326 g/mol. The Labute approximate surface area is 139 Å². The minimum Gasteiger partial charge on any atom is -0.294 e. The quantitative estimate of drug-likeness (QED) is 0.448. The van der Waals surface area contributed by atoms with Crippen molar-refractivity contribution in [3.8, 4) is 0 Å². The number of aromatic nitrogens is 9. The molecule has 0 aliphatic carbocycles. The van der Waals surface area contributed by atoms with Crippen LogP contribution in [0.3, 0.4) is 0 Å². The highest BCUT2D eigenvalue weighted by Crippen LogP contribution is 2.15. The van der Waals surface area contributed by atoms with Crippen molar-refractivity contribution in [1.82, 2.24) is 44.8 Å². The summed E-state index contributed by atoms with van der Waals surface area (Å²) < 4.78 is 2.63. The third kappa shape index (κ3) is 2.45. The van der Waals surface area contributed by atoms with E-state index in [1.54, 1.807) is 12.1 Å². The van der Waals surface area contributed by atoms with Crippen LogP contribution >= 0.6 is 0 Å². The number of aryl methyl sites for hydroxylation is 1. The van der Waals surface area contributed by atoms with Gasteiger partial charge in [-0.15, -0.1) is 15.3 Å². The Bertz CT molecular complexity index is 1190. The van der Waals surface area contributed by atoms with Gasteiger partial charge in [-0.05, 0) is 24.3 Å². The molecule has 126 valence electrons. The highest BCUT2D eigenvalue weighted by molar-refractivity contribution is 5.93. The van der Waals surface area contributed by atoms with Crippen LogP contribution in [0.2, 0.25) is 0 Å². The molecule has 1 atom stereocenters. The van der Waals surface area contributed by atoms with Crippen LogP contribution in [-0.2, 0) is 13.6 Å². The van der Waals surface area contributed by atoms with Crippen LogP contribution < -0.4 is 11.1 Å². The van der Waals surface area contributed by atoms with E-state index in [9.17, 15) is 9.59 Å². The summed E-state index contributed by atoms with van der Waals surface area (Å²) in [5.74, 6) is 0. The molecule has 4 aromatic rings. The molecule has 11 nitrogen and oxygen atoms in total. The molecule has 1 aromatic carbocycles. The van der Waals surface area contributed by atoms with Crippen molar-refractivity contribution >= 4 is 21.8 Å². The molecule has 0 fully saturated rings. The summed E-state index contributed by atoms with van der Waals surface area (Å²) in [6.07, 6.45) is 2.79. The lowest BCUT2D eigenvalue weighted by Crippen LogP contribution is -2.27. The van der Waals surface area contributed by atoms with E-state index in [0.29, 0.717) is 28.4 Å². The number of tetrazole rings is 1. The molecular formula is C14H13N9O2. The van der Waals surface area contributed by atoms with Gasteiger partial charge in [0.15, 0.2) is 6.33 Å². The van der Waals surface area contributed by atoms with Crippen LogP contribution in [0.25, 0.3) is 21.8 Å². The molecule has 3 heterocycles. The van der Waals surface area contributed by atoms with Gasteiger partial charge in [0, 0.05) is 7.05 Å². The second-order valence-electron chi connectivity index (χ2n) is 5.70. The number of hydrogen-bond acceptors (Lipinski definition) is 8. The predicted molar refractivity (Wildman–Crippen MR) is 86.9 cm³/mol. The Morgan fingerprint density at radius 1 is 1.08 bits per heavy atom. The number of fused-ring (bicyclic) bond motifs is 2. The van der Waals surface area contributed by atoms with E-state index in [0.717, 1.165) is 4.68 Å². The van der Waals surface area contributed by atoms with Crippen molar-refractivity contribution < 1.29 is 0 Å². The second kappa shape index (κ2) is 5.54. The third-order valence-corrected chi connectivity index (χ3v) is 4.00. The van der Waals surface area contributed by atoms with Crippen LogP contribution in [0.15, 0.2) is 34.4 Å². The average Bonchev–Trinajstić information content (AvgIpc) is 3.11.